The van der Waals surface area contributed by atoms with E-state index >= 15 is 0 Å². The van der Waals surface area contributed by atoms with Gasteiger partial charge in [-0.1, -0.05) is 18.2 Å². The lowest BCUT2D eigenvalue weighted by Crippen LogP contribution is -2.23. The van der Waals surface area contributed by atoms with E-state index in [2.05, 4.69) is 15.3 Å². The molecule has 0 spiro atoms. The molecule has 4 rings (SSSR count). The molecule has 2 N–H and O–H groups in total. The molecule has 0 aliphatic rings. The number of benzene rings is 3. The molecule has 0 saturated heterocycles. The third kappa shape index (κ3) is 4.25. The maximum absolute atomic E-state index is 13.3. The molecule has 150 valence electrons. The number of H-pyrrole nitrogens is 1. The van der Waals surface area contributed by atoms with Crippen LogP contribution >= 0.6 is 0 Å². The Morgan fingerprint density at radius 2 is 1.70 bits per heavy atom. The summed E-state index contributed by atoms with van der Waals surface area (Å²) in [6.07, 6.45) is 1.67. The van der Waals surface area contributed by atoms with Crippen molar-refractivity contribution in [3.05, 3.63) is 102 Å². The van der Waals surface area contributed by atoms with Crippen molar-refractivity contribution in [2.24, 2.45) is 0 Å². The topological polar surface area (TPSA) is 57.8 Å². The number of rotatable bonds is 5. The molecule has 3 aromatic carbocycles. The summed E-state index contributed by atoms with van der Waals surface area (Å²) >= 11 is 0. The van der Waals surface area contributed by atoms with Crippen LogP contribution in [-0.4, -0.2) is 15.9 Å². The number of carbonyl (C=O) groups excluding carboxylic acids is 1. The summed E-state index contributed by atoms with van der Waals surface area (Å²) in [5.74, 6) is -2.26. The SMILES string of the molecule is O=C(NCc1cccc(-c2ncc(-c3ccc(F)cc3)[nH]2)c1)c1ccc(F)c(F)c1. The van der Waals surface area contributed by atoms with Crippen LogP contribution in [0.3, 0.4) is 0 Å². The van der Waals surface area contributed by atoms with Gasteiger partial charge in [0.2, 0.25) is 0 Å². The largest absolute Gasteiger partial charge is 0.348 e. The van der Waals surface area contributed by atoms with Gasteiger partial charge < -0.3 is 10.3 Å². The van der Waals surface area contributed by atoms with Gasteiger partial charge in [-0.15, -0.1) is 0 Å². The first-order valence-electron chi connectivity index (χ1n) is 9.13. The highest BCUT2D eigenvalue weighted by atomic mass is 19.2. The van der Waals surface area contributed by atoms with Crippen LogP contribution < -0.4 is 5.32 Å². The number of nitrogens with zero attached hydrogens (tertiary/aromatic N) is 1. The molecule has 4 nitrogen and oxygen atoms in total. The molecular formula is C23H16F3N3O. The molecule has 4 aromatic rings. The molecule has 0 bridgehead atoms. The minimum Gasteiger partial charge on any atom is -0.348 e. The highest BCUT2D eigenvalue weighted by Gasteiger charge is 2.10. The Bertz CT molecular complexity index is 1200. The zero-order valence-electron chi connectivity index (χ0n) is 15.6. The molecule has 0 aliphatic carbocycles. The molecule has 7 heteroatoms. The molecule has 0 atom stereocenters. The zero-order valence-corrected chi connectivity index (χ0v) is 15.6. The Morgan fingerprint density at radius 1 is 0.900 bits per heavy atom. The normalized spacial score (nSPS) is 10.8. The van der Waals surface area contributed by atoms with Gasteiger partial charge in [0.25, 0.3) is 5.91 Å². The lowest BCUT2D eigenvalue weighted by molar-refractivity contribution is 0.0950. The number of carbonyl (C=O) groups is 1. The van der Waals surface area contributed by atoms with Gasteiger partial charge in [0.15, 0.2) is 11.6 Å². The summed E-state index contributed by atoms with van der Waals surface area (Å²) in [5, 5.41) is 2.68. The summed E-state index contributed by atoms with van der Waals surface area (Å²) in [7, 11) is 0. The average molecular weight is 407 g/mol. The summed E-state index contributed by atoms with van der Waals surface area (Å²) in [5.41, 5.74) is 3.22. The number of imidazole rings is 1. The summed E-state index contributed by atoms with van der Waals surface area (Å²) < 4.78 is 39.4. The van der Waals surface area contributed by atoms with Crippen molar-refractivity contribution in [3.8, 4) is 22.6 Å². The van der Waals surface area contributed by atoms with E-state index in [9.17, 15) is 18.0 Å². The maximum atomic E-state index is 13.3. The predicted octanol–water partition coefficient (Wildman–Crippen LogP) is 5.09. The smallest absolute Gasteiger partial charge is 0.251 e. The van der Waals surface area contributed by atoms with Gasteiger partial charge in [-0.25, -0.2) is 18.2 Å². The number of nitrogens with one attached hydrogen (secondary N) is 2. The first-order chi connectivity index (χ1) is 14.5. The van der Waals surface area contributed by atoms with E-state index in [1.807, 2.05) is 24.3 Å². The fraction of sp³-hybridized carbons (Fsp3) is 0.0435. The van der Waals surface area contributed by atoms with Gasteiger partial charge in [-0.2, -0.15) is 0 Å². The number of amides is 1. The van der Waals surface area contributed by atoms with Gasteiger partial charge >= 0.3 is 0 Å². The van der Waals surface area contributed by atoms with E-state index in [1.54, 1.807) is 18.3 Å². The molecule has 1 heterocycles. The zero-order chi connectivity index (χ0) is 21.1. The molecule has 0 fully saturated rings. The predicted molar refractivity (Wildman–Crippen MR) is 107 cm³/mol. The van der Waals surface area contributed by atoms with Gasteiger partial charge in [0, 0.05) is 17.7 Å². The lowest BCUT2D eigenvalue weighted by Gasteiger charge is -2.07. The fourth-order valence-corrected chi connectivity index (χ4v) is 2.99. The van der Waals surface area contributed by atoms with Crippen molar-refractivity contribution in [1.82, 2.24) is 15.3 Å². The van der Waals surface area contributed by atoms with E-state index in [1.165, 1.54) is 18.2 Å². The molecule has 0 saturated carbocycles. The van der Waals surface area contributed by atoms with Crippen LogP contribution in [0.5, 0.6) is 0 Å². The van der Waals surface area contributed by atoms with E-state index in [0.29, 0.717) is 5.82 Å². The molecule has 30 heavy (non-hydrogen) atoms. The standard InChI is InChI=1S/C23H16F3N3O/c24-18-7-4-15(5-8-18)21-13-27-22(29-21)16-3-1-2-14(10-16)12-28-23(30)17-6-9-19(25)20(26)11-17/h1-11,13H,12H2,(H,27,29)(H,28,30). The minimum absolute atomic E-state index is 0.0417. The Hall–Kier alpha value is -3.87. The second-order valence-corrected chi connectivity index (χ2v) is 6.66. The Kier molecular flexibility index (Phi) is 5.34. The molecule has 0 aliphatic heterocycles. The summed E-state index contributed by atoms with van der Waals surface area (Å²) in [4.78, 5) is 19.7. The van der Waals surface area contributed by atoms with Gasteiger partial charge in [-0.3, -0.25) is 4.79 Å². The van der Waals surface area contributed by atoms with E-state index in [-0.39, 0.29) is 17.9 Å². The molecule has 0 unspecified atom stereocenters. The van der Waals surface area contributed by atoms with Crippen molar-refractivity contribution >= 4 is 5.91 Å². The van der Waals surface area contributed by atoms with Crippen molar-refractivity contribution < 1.29 is 18.0 Å². The van der Waals surface area contributed by atoms with Crippen molar-refractivity contribution in [2.75, 3.05) is 0 Å². The molecular weight excluding hydrogens is 391 g/mol. The number of aromatic nitrogens is 2. The van der Waals surface area contributed by atoms with E-state index in [0.717, 1.165) is 34.5 Å². The molecule has 0 radical (unpaired) electrons. The van der Waals surface area contributed by atoms with Gasteiger partial charge in [0.1, 0.15) is 11.6 Å². The maximum Gasteiger partial charge on any atom is 0.251 e. The Balaban J connectivity index is 1.47. The van der Waals surface area contributed by atoms with Crippen molar-refractivity contribution in [2.45, 2.75) is 6.54 Å². The highest BCUT2D eigenvalue weighted by molar-refractivity contribution is 5.94. The highest BCUT2D eigenvalue weighted by Crippen LogP contribution is 2.23. The fourth-order valence-electron chi connectivity index (χ4n) is 2.99. The van der Waals surface area contributed by atoms with Crippen molar-refractivity contribution in [3.63, 3.8) is 0 Å². The van der Waals surface area contributed by atoms with Gasteiger partial charge in [0.05, 0.1) is 11.9 Å². The second kappa shape index (κ2) is 8.24. The summed E-state index contributed by atoms with van der Waals surface area (Å²) in [6, 6.07) is 16.5. The number of aromatic amines is 1. The Labute approximate surface area is 170 Å². The van der Waals surface area contributed by atoms with Crippen LogP contribution in [0.25, 0.3) is 22.6 Å². The van der Waals surface area contributed by atoms with Crippen molar-refractivity contribution in [1.29, 1.82) is 0 Å². The third-order valence-corrected chi connectivity index (χ3v) is 4.57. The van der Waals surface area contributed by atoms with Crippen LogP contribution in [0.4, 0.5) is 13.2 Å². The average Bonchev–Trinajstić information content (AvgIpc) is 3.25. The van der Waals surface area contributed by atoms with Crippen LogP contribution in [0, 0.1) is 17.5 Å². The molecule has 1 amide bonds. The minimum atomic E-state index is -1.07. The molecule has 1 aromatic heterocycles. The second-order valence-electron chi connectivity index (χ2n) is 6.66. The van der Waals surface area contributed by atoms with Crippen LogP contribution in [0.15, 0.2) is 72.9 Å². The first kappa shape index (κ1) is 19.4. The number of hydrogen-bond donors (Lipinski definition) is 2. The van der Waals surface area contributed by atoms with E-state index < -0.39 is 17.5 Å². The van der Waals surface area contributed by atoms with Crippen LogP contribution in [0.2, 0.25) is 0 Å². The van der Waals surface area contributed by atoms with Crippen LogP contribution in [0.1, 0.15) is 15.9 Å². The lowest BCUT2D eigenvalue weighted by atomic mass is 10.1. The third-order valence-electron chi connectivity index (χ3n) is 4.57. The van der Waals surface area contributed by atoms with Crippen LogP contribution in [-0.2, 0) is 6.54 Å². The van der Waals surface area contributed by atoms with E-state index in [4.69, 9.17) is 0 Å². The quantitative estimate of drug-likeness (QED) is 0.484. The Morgan fingerprint density at radius 3 is 2.47 bits per heavy atom. The summed E-state index contributed by atoms with van der Waals surface area (Å²) in [6.45, 7) is 0.206. The first-order valence-corrected chi connectivity index (χ1v) is 9.13. The van der Waals surface area contributed by atoms with Gasteiger partial charge in [-0.05, 0) is 59.7 Å². The number of hydrogen-bond acceptors (Lipinski definition) is 2. The number of halogens is 3. The monoisotopic (exact) mass is 407 g/mol.